The minimum absolute atomic E-state index is 0.0180. The lowest BCUT2D eigenvalue weighted by Gasteiger charge is -2.13. The van der Waals surface area contributed by atoms with Gasteiger partial charge in [-0.25, -0.2) is 9.37 Å². The summed E-state index contributed by atoms with van der Waals surface area (Å²) in [5.41, 5.74) is 8.39. The summed E-state index contributed by atoms with van der Waals surface area (Å²) in [4.78, 5) is 16.7. The van der Waals surface area contributed by atoms with E-state index in [1.165, 1.54) is 24.4 Å². The number of aryl methyl sites for hydroxylation is 1. The molecule has 0 unspecified atom stereocenters. The van der Waals surface area contributed by atoms with Gasteiger partial charge in [-0.1, -0.05) is 35.3 Å². The Morgan fingerprint density at radius 1 is 1.11 bits per heavy atom. The molecule has 0 saturated heterocycles. The van der Waals surface area contributed by atoms with Gasteiger partial charge in [-0.3, -0.25) is 4.79 Å². The Bertz CT molecular complexity index is 1010. The summed E-state index contributed by atoms with van der Waals surface area (Å²) in [6, 6.07) is 11.0. The number of hydrogen-bond acceptors (Lipinski definition) is 4. The van der Waals surface area contributed by atoms with Gasteiger partial charge in [0.05, 0.1) is 33.2 Å². The van der Waals surface area contributed by atoms with Crippen molar-refractivity contribution in [2.45, 2.75) is 6.92 Å². The van der Waals surface area contributed by atoms with E-state index in [-0.39, 0.29) is 16.4 Å². The Hall–Kier alpha value is -2.83. The first kappa shape index (κ1) is 18.9. The van der Waals surface area contributed by atoms with Crippen LogP contribution in [0, 0.1) is 12.7 Å². The van der Waals surface area contributed by atoms with Crippen LogP contribution in [0.4, 0.5) is 27.3 Å². The summed E-state index contributed by atoms with van der Waals surface area (Å²) in [6.07, 6.45) is 1.46. The summed E-state index contributed by atoms with van der Waals surface area (Å²) in [5, 5.41) is 6.16. The topological polar surface area (TPSA) is 80.0 Å². The Kier molecular flexibility index (Phi) is 5.48. The lowest BCUT2D eigenvalue weighted by Crippen LogP contribution is -2.16. The molecule has 0 aliphatic heterocycles. The van der Waals surface area contributed by atoms with Crippen LogP contribution in [0.1, 0.15) is 15.9 Å². The number of amides is 1. The summed E-state index contributed by atoms with van der Waals surface area (Å²) < 4.78 is 13.3. The molecular formula is C19H15Cl2FN4O. The second-order valence-corrected chi connectivity index (χ2v) is 6.61. The summed E-state index contributed by atoms with van der Waals surface area (Å²) in [7, 11) is 0. The van der Waals surface area contributed by atoms with Gasteiger partial charge in [-0.05, 0) is 42.8 Å². The molecule has 1 heterocycles. The van der Waals surface area contributed by atoms with Crippen LogP contribution >= 0.6 is 23.2 Å². The lowest BCUT2D eigenvalue weighted by atomic mass is 10.1. The standard InChI is InChI=1S/C19H15Cl2FN4O/c1-10-3-2-4-14(20)17(10)26-19(27)13-7-12(9-24-18(13)23)25-11-5-6-16(22)15(21)8-11/h2-9,25H,1H3,(H2,23,24)(H,26,27). The van der Waals surface area contributed by atoms with E-state index in [2.05, 4.69) is 15.6 Å². The third-order valence-corrected chi connectivity index (χ3v) is 4.44. The van der Waals surface area contributed by atoms with Gasteiger partial charge in [-0.15, -0.1) is 0 Å². The molecule has 2 aromatic carbocycles. The van der Waals surface area contributed by atoms with Crippen LogP contribution in [0.3, 0.4) is 0 Å². The average Bonchev–Trinajstić information content (AvgIpc) is 2.63. The van der Waals surface area contributed by atoms with Gasteiger partial charge in [0.15, 0.2) is 0 Å². The molecule has 3 aromatic rings. The van der Waals surface area contributed by atoms with Crippen molar-refractivity contribution >= 4 is 52.0 Å². The molecule has 0 aliphatic rings. The van der Waals surface area contributed by atoms with Crippen molar-refractivity contribution in [3.63, 3.8) is 0 Å². The van der Waals surface area contributed by atoms with Crippen LogP contribution in [-0.2, 0) is 0 Å². The highest BCUT2D eigenvalue weighted by Crippen LogP contribution is 2.27. The second kappa shape index (κ2) is 7.82. The van der Waals surface area contributed by atoms with Gasteiger partial charge < -0.3 is 16.4 Å². The zero-order valence-corrected chi connectivity index (χ0v) is 15.7. The van der Waals surface area contributed by atoms with Crippen molar-refractivity contribution in [1.82, 2.24) is 4.98 Å². The van der Waals surface area contributed by atoms with E-state index < -0.39 is 11.7 Å². The second-order valence-electron chi connectivity index (χ2n) is 5.80. The number of aromatic nitrogens is 1. The zero-order valence-electron chi connectivity index (χ0n) is 14.2. The number of anilines is 4. The van der Waals surface area contributed by atoms with Crippen molar-refractivity contribution in [3.05, 3.63) is 75.7 Å². The molecule has 3 rings (SSSR count). The van der Waals surface area contributed by atoms with Gasteiger partial charge in [0.1, 0.15) is 11.6 Å². The van der Waals surface area contributed by atoms with E-state index in [0.717, 1.165) is 5.56 Å². The minimum Gasteiger partial charge on any atom is -0.383 e. The van der Waals surface area contributed by atoms with Crippen LogP contribution in [0.2, 0.25) is 10.0 Å². The SMILES string of the molecule is Cc1cccc(Cl)c1NC(=O)c1cc(Nc2ccc(F)c(Cl)c2)cnc1N. The molecule has 5 nitrogen and oxygen atoms in total. The quantitative estimate of drug-likeness (QED) is 0.542. The maximum absolute atomic E-state index is 13.3. The highest BCUT2D eigenvalue weighted by Gasteiger charge is 2.15. The number of para-hydroxylation sites is 1. The predicted octanol–water partition coefficient (Wildman–Crippen LogP) is 5.41. The van der Waals surface area contributed by atoms with Gasteiger partial charge in [0.25, 0.3) is 5.91 Å². The van der Waals surface area contributed by atoms with Gasteiger partial charge in [0, 0.05) is 5.69 Å². The number of nitrogens with two attached hydrogens (primary N) is 1. The van der Waals surface area contributed by atoms with Crippen LogP contribution in [0.15, 0.2) is 48.7 Å². The minimum atomic E-state index is -0.521. The van der Waals surface area contributed by atoms with Crippen LogP contribution in [0.25, 0.3) is 0 Å². The molecule has 4 N–H and O–H groups in total. The number of hydrogen-bond donors (Lipinski definition) is 3. The van der Waals surface area contributed by atoms with Crippen molar-refractivity contribution in [2.75, 3.05) is 16.4 Å². The van der Waals surface area contributed by atoms with E-state index in [0.29, 0.717) is 22.1 Å². The molecule has 27 heavy (non-hydrogen) atoms. The summed E-state index contributed by atoms with van der Waals surface area (Å²) in [5.74, 6) is -0.898. The van der Waals surface area contributed by atoms with Gasteiger partial charge in [0.2, 0.25) is 0 Å². The number of benzene rings is 2. The first-order valence-electron chi connectivity index (χ1n) is 7.89. The first-order chi connectivity index (χ1) is 12.8. The first-order valence-corrected chi connectivity index (χ1v) is 8.65. The highest BCUT2D eigenvalue weighted by molar-refractivity contribution is 6.34. The van der Waals surface area contributed by atoms with E-state index >= 15 is 0 Å². The fourth-order valence-electron chi connectivity index (χ4n) is 2.44. The number of carbonyl (C=O) groups is 1. The van der Waals surface area contributed by atoms with Crippen molar-refractivity contribution < 1.29 is 9.18 Å². The Labute approximate surface area is 165 Å². The van der Waals surface area contributed by atoms with Crippen LogP contribution in [-0.4, -0.2) is 10.9 Å². The Morgan fingerprint density at radius 3 is 2.59 bits per heavy atom. The molecule has 138 valence electrons. The lowest BCUT2D eigenvalue weighted by molar-refractivity contribution is 0.102. The number of nitrogens with zero attached hydrogens (tertiary/aromatic N) is 1. The van der Waals surface area contributed by atoms with Crippen molar-refractivity contribution in [3.8, 4) is 0 Å². The molecule has 0 aliphatic carbocycles. The number of pyridine rings is 1. The molecule has 0 spiro atoms. The fraction of sp³-hybridized carbons (Fsp3) is 0.0526. The van der Waals surface area contributed by atoms with Crippen molar-refractivity contribution in [1.29, 1.82) is 0 Å². The molecule has 0 saturated carbocycles. The number of nitrogens with one attached hydrogen (secondary N) is 2. The van der Waals surface area contributed by atoms with Gasteiger partial charge >= 0.3 is 0 Å². The van der Waals surface area contributed by atoms with Crippen molar-refractivity contribution in [2.24, 2.45) is 0 Å². The number of carbonyl (C=O) groups excluding carboxylic acids is 1. The monoisotopic (exact) mass is 404 g/mol. The largest absolute Gasteiger partial charge is 0.383 e. The molecule has 0 bridgehead atoms. The average molecular weight is 405 g/mol. The normalized spacial score (nSPS) is 10.5. The van der Waals surface area contributed by atoms with E-state index in [1.807, 2.05) is 13.0 Å². The van der Waals surface area contributed by atoms with Crippen LogP contribution in [0.5, 0.6) is 0 Å². The van der Waals surface area contributed by atoms with E-state index in [1.54, 1.807) is 18.2 Å². The molecule has 0 radical (unpaired) electrons. The molecule has 8 heteroatoms. The van der Waals surface area contributed by atoms with E-state index in [9.17, 15) is 9.18 Å². The maximum Gasteiger partial charge on any atom is 0.259 e. The highest BCUT2D eigenvalue weighted by atomic mass is 35.5. The summed E-state index contributed by atoms with van der Waals surface area (Å²) in [6.45, 7) is 1.83. The fourth-order valence-corrected chi connectivity index (χ4v) is 2.89. The molecule has 1 aromatic heterocycles. The smallest absolute Gasteiger partial charge is 0.259 e. The Balaban J connectivity index is 1.86. The molecule has 1 amide bonds. The number of nitrogen functional groups attached to an aromatic ring is 1. The summed E-state index contributed by atoms with van der Waals surface area (Å²) >= 11 is 11.9. The third kappa shape index (κ3) is 4.30. The zero-order chi connectivity index (χ0) is 19.6. The number of rotatable bonds is 4. The number of halogens is 3. The molecular weight excluding hydrogens is 390 g/mol. The van der Waals surface area contributed by atoms with Gasteiger partial charge in [-0.2, -0.15) is 0 Å². The van der Waals surface area contributed by atoms with E-state index in [4.69, 9.17) is 28.9 Å². The van der Waals surface area contributed by atoms with Crippen LogP contribution < -0.4 is 16.4 Å². The third-order valence-electron chi connectivity index (χ3n) is 3.83. The molecule has 0 fully saturated rings. The molecule has 0 atom stereocenters. The maximum atomic E-state index is 13.3. The Morgan fingerprint density at radius 2 is 1.89 bits per heavy atom. The predicted molar refractivity (Wildman–Crippen MR) is 107 cm³/mol.